The van der Waals surface area contributed by atoms with E-state index in [2.05, 4.69) is 52.0 Å². The normalized spacial score (nSPS) is 11.2. The summed E-state index contributed by atoms with van der Waals surface area (Å²) in [6.07, 6.45) is 3.27. The van der Waals surface area contributed by atoms with Crippen LogP contribution in [0.15, 0.2) is 97.1 Å². The SMILES string of the molecule is CCc1ccccc1OCC(Oc1ccccc1CC)(Oc1ccccc1CC)Oc1ccccc1CC. The lowest BCUT2D eigenvalue weighted by Crippen LogP contribution is -2.53. The molecule has 0 aliphatic carbocycles. The van der Waals surface area contributed by atoms with Crippen LogP contribution < -0.4 is 18.9 Å². The molecule has 4 heteroatoms. The Morgan fingerprint density at radius 3 is 1.05 bits per heavy atom. The smallest absolute Gasteiger partial charge is 0.453 e. The van der Waals surface area contributed by atoms with Crippen molar-refractivity contribution in [2.24, 2.45) is 0 Å². The van der Waals surface area contributed by atoms with Crippen molar-refractivity contribution in [3.63, 3.8) is 0 Å². The zero-order valence-electron chi connectivity index (χ0n) is 22.9. The highest BCUT2D eigenvalue weighted by atomic mass is 16.9. The van der Waals surface area contributed by atoms with Gasteiger partial charge < -0.3 is 18.9 Å². The molecule has 4 nitrogen and oxygen atoms in total. The quantitative estimate of drug-likeness (QED) is 0.170. The van der Waals surface area contributed by atoms with E-state index in [0.29, 0.717) is 17.2 Å². The van der Waals surface area contributed by atoms with Gasteiger partial charge in [0.05, 0.1) is 0 Å². The fraction of sp³-hybridized carbons (Fsp3) is 0.294. The largest absolute Gasteiger partial charge is 0.481 e. The molecule has 0 spiro atoms. The zero-order valence-corrected chi connectivity index (χ0v) is 22.9. The summed E-state index contributed by atoms with van der Waals surface area (Å²) in [6.45, 7) is 8.46. The van der Waals surface area contributed by atoms with E-state index in [1.54, 1.807) is 0 Å². The highest BCUT2D eigenvalue weighted by Gasteiger charge is 2.42. The van der Waals surface area contributed by atoms with Gasteiger partial charge in [0.2, 0.25) is 6.61 Å². The predicted octanol–water partition coefficient (Wildman–Crippen LogP) is 8.21. The van der Waals surface area contributed by atoms with Gasteiger partial charge in [-0.2, -0.15) is 0 Å². The average molecular weight is 511 g/mol. The molecule has 38 heavy (non-hydrogen) atoms. The maximum atomic E-state index is 6.76. The van der Waals surface area contributed by atoms with E-state index in [-0.39, 0.29) is 6.61 Å². The van der Waals surface area contributed by atoms with E-state index in [9.17, 15) is 0 Å². The van der Waals surface area contributed by atoms with Crippen LogP contribution in [0, 0.1) is 0 Å². The third-order valence-corrected chi connectivity index (χ3v) is 6.61. The second-order valence-electron chi connectivity index (χ2n) is 9.12. The number of hydrogen-bond donors (Lipinski definition) is 0. The summed E-state index contributed by atoms with van der Waals surface area (Å²) in [6, 6.07) is 32.0. The molecular weight excluding hydrogens is 472 g/mol. The minimum Gasteiger partial charge on any atom is -0.481 e. The molecule has 4 rings (SSSR count). The van der Waals surface area contributed by atoms with Crippen molar-refractivity contribution in [3.05, 3.63) is 119 Å². The highest BCUT2D eigenvalue weighted by Crippen LogP contribution is 2.33. The minimum atomic E-state index is -1.59. The van der Waals surface area contributed by atoms with E-state index >= 15 is 0 Å². The Balaban J connectivity index is 1.84. The van der Waals surface area contributed by atoms with Crippen LogP contribution >= 0.6 is 0 Å². The van der Waals surface area contributed by atoms with Crippen LogP contribution in [-0.2, 0) is 25.7 Å². The maximum Gasteiger partial charge on any atom is 0.453 e. The average Bonchev–Trinajstić information content (AvgIpc) is 2.97. The van der Waals surface area contributed by atoms with Crippen molar-refractivity contribution in [3.8, 4) is 23.0 Å². The van der Waals surface area contributed by atoms with Crippen LogP contribution in [-0.4, -0.2) is 12.6 Å². The van der Waals surface area contributed by atoms with Crippen LogP contribution in [0.3, 0.4) is 0 Å². The van der Waals surface area contributed by atoms with Crippen molar-refractivity contribution >= 4 is 0 Å². The monoisotopic (exact) mass is 510 g/mol. The second-order valence-corrected chi connectivity index (χ2v) is 9.12. The standard InChI is InChI=1S/C34H38O4/c1-5-26-17-9-13-21-30(26)35-25-34(36-31-22-14-10-18-27(31)6-2,37-32-23-15-11-19-28(32)7-3)38-33-24-16-12-20-29(33)8-4/h9-24H,5-8,25H2,1-4H3. The third kappa shape index (κ3) is 6.49. The van der Waals surface area contributed by atoms with E-state index in [1.807, 2.05) is 72.8 Å². The Hall–Kier alpha value is -3.92. The molecule has 0 aliphatic heterocycles. The molecule has 0 fully saturated rings. The number of ether oxygens (including phenoxy) is 4. The predicted molar refractivity (Wildman–Crippen MR) is 153 cm³/mol. The van der Waals surface area contributed by atoms with Crippen molar-refractivity contribution in [1.29, 1.82) is 0 Å². The zero-order chi connectivity index (χ0) is 26.8. The van der Waals surface area contributed by atoms with E-state index in [0.717, 1.165) is 53.7 Å². The Labute approximate surface area is 227 Å². The summed E-state index contributed by atoms with van der Waals surface area (Å²) in [5.41, 5.74) is 4.29. The van der Waals surface area contributed by atoms with Gasteiger partial charge in [0.1, 0.15) is 23.0 Å². The lowest BCUT2D eigenvalue weighted by molar-refractivity contribution is -0.267. The van der Waals surface area contributed by atoms with Gasteiger partial charge in [0, 0.05) is 0 Å². The molecule has 0 saturated heterocycles. The van der Waals surface area contributed by atoms with Gasteiger partial charge in [-0.1, -0.05) is 100 Å². The van der Waals surface area contributed by atoms with Crippen LogP contribution in [0.5, 0.6) is 23.0 Å². The molecule has 0 heterocycles. The topological polar surface area (TPSA) is 36.9 Å². The number of hydrogen-bond acceptors (Lipinski definition) is 4. The van der Waals surface area contributed by atoms with Crippen molar-refractivity contribution in [2.75, 3.05) is 6.61 Å². The summed E-state index contributed by atoms with van der Waals surface area (Å²) in [4.78, 5) is 0. The van der Waals surface area contributed by atoms with Gasteiger partial charge in [-0.3, -0.25) is 0 Å². The molecule has 0 N–H and O–H groups in total. The van der Waals surface area contributed by atoms with Crippen LogP contribution in [0.1, 0.15) is 49.9 Å². The molecule has 0 aliphatic rings. The second kappa shape index (κ2) is 13.0. The molecule has 0 amide bonds. The first kappa shape index (κ1) is 27.1. The molecule has 0 saturated carbocycles. The molecule has 0 atom stereocenters. The molecule has 0 bridgehead atoms. The maximum absolute atomic E-state index is 6.76. The van der Waals surface area contributed by atoms with Gasteiger partial charge in [-0.05, 0) is 72.2 Å². The molecule has 198 valence electrons. The van der Waals surface area contributed by atoms with Crippen molar-refractivity contribution < 1.29 is 18.9 Å². The lowest BCUT2D eigenvalue weighted by atomic mass is 10.1. The Morgan fingerprint density at radius 2 is 0.711 bits per heavy atom. The minimum absolute atomic E-state index is 0.0121. The third-order valence-electron chi connectivity index (χ3n) is 6.61. The summed E-state index contributed by atoms with van der Waals surface area (Å²) >= 11 is 0. The fourth-order valence-electron chi connectivity index (χ4n) is 4.44. The first-order valence-corrected chi connectivity index (χ1v) is 13.6. The van der Waals surface area contributed by atoms with E-state index in [4.69, 9.17) is 18.9 Å². The van der Waals surface area contributed by atoms with Crippen LogP contribution in [0.4, 0.5) is 0 Å². The van der Waals surface area contributed by atoms with E-state index in [1.165, 1.54) is 0 Å². The number of aryl methyl sites for hydroxylation is 4. The summed E-state index contributed by atoms with van der Waals surface area (Å²) in [7, 11) is 0. The van der Waals surface area contributed by atoms with Crippen molar-refractivity contribution in [2.45, 2.75) is 59.4 Å². The Morgan fingerprint density at radius 1 is 0.421 bits per heavy atom. The molecule has 4 aromatic rings. The first-order valence-electron chi connectivity index (χ1n) is 13.6. The number of rotatable bonds is 13. The van der Waals surface area contributed by atoms with Gasteiger partial charge in [-0.15, -0.1) is 0 Å². The number of benzene rings is 4. The summed E-state index contributed by atoms with van der Waals surface area (Å²) in [5.74, 6) is 1.29. The Kier molecular flexibility index (Phi) is 9.31. The molecule has 0 aromatic heterocycles. The summed E-state index contributed by atoms with van der Waals surface area (Å²) < 4.78 is 26.7. The molecular formula is C34H38O4. The molecule has 0 radical (unpaired) electrons. The van der Waals surface area contributed by atoms with Gasteiger partial charge in [0.15, 0.2) is 0 Å². The van der Waals surface area contributed by atoms with Gasteiger partial charge in [0.25, 0.3) is 0 Å². The van der Waals surface area contributed by atoms with Crippen LogP contribution in [0.25, 0.3) is 0 Å². The van der Waals surface area contributed by atoms with Crippen LogP contribution in [0.2, 0.25) is 0 Å². The van der Waals surface area contributed by atoms with E-state index < -0.39 is 5.97 Å². The summed E-state index contributed by atoms with van der Waals surface area (Å²) in [5, 5.41) is 0. The van der Waals surface area contributed by atoms with Crippen molar-refractivity contribution in [1.82, 2.24) is 0 Å². The van der Waals surface area contributed by atoms with Gasteiger partial charge >= 0.3 is 5.97 Å². The molecule has 0 unspecified atom stereocenters. The highest BCUT2D eigenvalue weighted by molar-refractivity contribution is 5.38. The lowest BCUT2D eigenvalue weighted by Gasteiger charge is -2.35. The Bertz CT molecular complexity index is 1190. The number of para-hydroxylation sites is 4. The first-order chi connectivity index (χ1) is 18.6. The van der Waals surface area contributed by atoms with Gasteiger partial charge in [-0.25, -0.2) is 0 Å². The molecule has 4 aromatic carbocycles. The fourth-order valence-corrected chi connectivity index (χ4v) is 4.44.